The number of amides is 1. The number of nitrogens with two attached hydrogens (primary N) is 1. The number of hydrogen-bond donors (Lipinski definition) is 2. The minimum atomic E-state index is -0.217. The van der Waals surface area contributed by atoms with Gasteiger partial charge in [-0.15, -0.1) is 0 Å². The zero-order valence-corrected chi connectivity index (χ0v) is 13.4. The minimum absolute atomic E-state index is 0.0265. The summed E-state index contributed by atoms with van der Waals surface area (Å²) in [6.45, 7) is 4.57. The Hall–Kier alpha value is -1.85. The Morgan fingerprint density at radius 2 is 2.19 bits per heavy atom. The maximum absolute atomic E-state index is 12.4. The Morgan fingerprint density at radius 1 is 1.43 bits per heavy atom. The normalized spacial score (nSPS) is 12.4. The SMILES string of the molecule is Cc1c(N)cccc1NC(=O)C(C)N(C)Cc1ccsc1. The van der Waals surface area contributed by atoms with E-state index in [0.717, 1.165) is 17.8 Å². The summed E-state index contributed by atoms with van der Waals surface area (Å²) in [7, 11) is 1.95. The second-order valence-electron chi connectivity index (χ2n) is 5.23. The number of nitrogens with one attached hydrogen (secondary N) is 1. The average Bonchev–Trinajstić information content (AvgIpc) is 2.95. The molecule has 2 aromatic rings. The number of thiophene rings is 1. The highest BCUT2D eigenvalue weighted by Crippen LogP contribution is 2.21. The molecule has 0 aliphatic carbocycles. The molecule has 0 saturated carbocycles. The largest absolute Gasteiger partial charge is 0.398 e. The van der Waals surface area contributed by atoms with Gasteiger partial charge in [0, 0.05) is 17.9 Å². The number of hydrogen-bond acceptors (Lipinski definition) is 4. The van der Waals surface area contributed by atoms with Crippen LogP contribution in [-0.2, 0) is 11.3 Å². The van der Waals surface area contributed by atoms with Crippen LogP contribution in [0.2, 0.25) is 0 Å². The molecule has 0 aliphatic heterocycles. The van der Waals surface area contributed by atoms with Crippen LogP contribution in [0, 0.1) is 6.92 Å². The quantitative estimate of drug-likeness (QED) is 0.835. The van der Waals surface area contributed by atoms with E-state index in [2.05, 4.69) is 16.8 Å². The van der Waals surface area contributed by atoms with Gasteiger partial charge in [-0.3, -0.25) is 9.69 Å². The van der Waals surface area contributed by atoms with E-state index in [-0.39, 0.29) is 11.9 Å². The number of rotatable bonds is 5. The van der Waals surface area contributed by atoms with Crippen LogP contribution >= 0.6 is 11.3 Å². The average molecular weight is 303 g/mol. The molecule has 21 heavy (non-hydrogen) atoms. The summed E-state index contributed by atoms with van der Waals surface area (Å²) in [5.74, 6) is -0.0265. The molecule has 1 aromatic carbocycles. The van der Waals surface area contributed by atoms with Crippen LogP contribution in [0.5, 0.6) is 0 Å². The molecule has 5 heteroatoms. The van der Waals surface area contributed by atoms with Gasteiger partial charge < -0.3 is 11.1 Å². The molecule has 0 radical (unpaired) electrons. The molecule has 0 aliphatic rings. The minimum Gasteiger partial charge on any atom is -0.398 e. The smallest absolute Gasteiger partial charge is 0.241 e. The lowest BCUT2D eigenvalue weighted by molar-refractivity contribution is -0.120. The Bertz CT molecular complexity index is 610. The Balaban J connectivity index is 2.00. The van der Waals surface area contributed by atoms with Crippen LogP contribution < -0.4 is 11.1 Å². The van der Waals surface area contributed by atoms with Gasteiger partial charge in [0.2, 0.25) is 5.91 Å². The van der Waals surface area contributed by atoms with Gasteiger partial charge in [-0.1, -0.05) is 6.07 Å². The van der Waals surface area contributed by atoms with E-state index < -0.39 is 0 Å². The van der Waals surface area contributed by atoms with E-state index in [0.29, 0.717) is 5.69 Å². The number of nitrogen functional groups attached to an aromatic ring is 1. The molecule has 1 heterocycles. The van der Waals surface area contributed by atoms with Gasteiger partial charge in [-0.25, -0.2) is 0 Å². The monoisotopic (exact) mass is 303 g/mol. The van der Waals surface area contributed by atoms with E-state index >= 15 is 0 Å². The number of likely N-dealkylation sites (N-methyl/N-ethyl adjacent to an activating group) is 1. The summed E-state index contributed by atoms with van der Waals surface area (Å²) < 4.78 is 0. The lowest BCUT2D eigenvalue weighted by Gasteiger charge is -2.24. The van der Waals surface area contributed by atoms with Crippen molar-refractivity contribution in [1.29, 1.82) is 0 Å². The lowest BCUT2D eigenvalue weighted by atomic mass is 10.1. The molecule has 4 nitrogen and oxygen atoms in total. The molecule has 0 saturated heterocycles. The fourth-order valence-corrected chi connectivity index (χ4v) is 2.69. The van der Waals surface area contributed by atoms with Crippen molar-refractivity contribution < 1.29 is 4.79 Å². The van der Waals surface area contributed by atoms with Crippen molar-refractivity contribution in [2.75, 3.05) is 18.1 Å². The van der Waals surface area contributed by atoms with Crippen LogP contribution in [0.4, 0.5) is 11.4 Å². The molecular formula is C16H21N3OS. The lowest BCUT2D eigenvalue weighted by Crippen LogP contribution is -2.39. The maximum atomic E-state index is 12.4. The summed E-state index contributed by atoms with van der Waals surface area (Å²) >= 11 is 1.67. The predicted octanol–water partition coefficient (Wildman–Crippen LogP) is 3.10. The van der Waals surface area contributed by atoms with Gasteiger partial charge in [-0.2, -0.15) is 11.3 Å². The number of nitrogens with zero attached hydrogens (tertiary/aromatic N) is 1. The zero-order chi connectivity index (χ0) is 15.4. The van der Waals surface area contributed by atoms with Crippen molar-refractivity contribution in [3.63, 3.8) is 0 Å². The third-order valence-corrected chi connectivity index (χ3v) is 4.42. The highest BCUT2D eigenvalue weighted by atomic mass is 32.1. The van der Waals surface area contributed by atoms with Gasteiger partial charge in [0.25, 0.3) is 0 Å². The molecule has 0 fully saturated rings. The van der Waals surface area contributed by atoms with Crippen LogP contribution in [0.3, 0.4) is 0 Å². The molecule has 0 bridgehead atoms. The predicted molar refractivity (Wildman–Crippen MR) is 89.5 cm³/mol. The molecule has 1 atom stereocenters. The van der Waals surface area contributed by atoms with Crippen LogP contribution in [0.1, 0.15) is 18.1 Å². The van der Waals surface area contributed by atoms with Crippen molar-refractivity contribution in [2.24, 2.45) is 0 Å². The number of benzene rings is 1. The summed E-state index contributed by atoms with van der Waals surface area (Å²) in [5.41, 5.74) is 9.45. The Labute approximate surface area is 129 Å². The fraction of sp³-hybridized carbons (Fsp3) is 0.312. The van der Waals surface area contributed by atoms with Crippen LogP contribution in [0.15, 0.2) is 35.0 Å². The summed E-state index contributed by atoms with van der Waals surface area (Å²) in [4.78, 5) is 14.4. The van der Waals surface area contributed by atoms with Crippen molar-refractivity contribution in [1.82, 2.24) is 4.90 Å². The highest BCUT2D eigenvalue weighted by Gasteiger charge is 2.19. The van der Waals surface area contributed by atoms with E-state index in [1.807, 2.05) is 49.4 Å². The fourth-order valence-electron chi connectivity index (χ4n) is 2.03. The molecule has 3 N–H and O–H groups in total. The number of carbonyl (C=O) groups is 1. The van der Waals surface area contributed by atoms with E-state index in [4.69, 9.17) is 5.73 Å². The standard InChI is InChI=1S/C16H21N3OS/c1-11-14(17)5-4-6-15(11)18-16(20)12(2)19(3)9-13-7-8-21-10-13/h4-8,10,12H,9,17H2,1-3H3,(H,18,20). The summed E-state index contributed by atoms with van der Waals surface area (Å²) in [6.07, 6.45) is 0. The summed E-state index contributed by atoms with van der Waals surface area (Å²) in [5, 5.41) is 7.10. The Morgan fingerprint density at radius 3 is 2.86 bits per heavy atom. The first-order valence-corrected chi connectivity index (χ1v) is 7.80. The Kier molecular flexibility index (Phi) is 4.98. The first kappa shape index (κ1) is 15.5. The highest BCUT2D eigenvalue weighted by molar-refractivity contribution is 7.07. The van der Waals surface area contributed by atoms with Crippen LogP contribution in [-0.4, -0.2) is 23.9 Å². The third kappa shape index (κ3) is 3.83. The van der Waals surface area contributed by atoms with Crippen molar-refractivity contribution >= 4 is 28.6 Å². The van der Waals surface area contributed by atoms with E-state index in [1.165, 1.54) is 5.56 Å². The van der Waals surface area contributed by atoms with Crippen molar-refractivity contribution in [3.8, 4) is 0 Å². The van der Waals surface area contributed by atoms with Crippen LogP contribution in [0.25, 0.3) is 0 Å². The van der Waals surface area contributed by atoms with E-state index in [1.54, 1.807) is 11.3 Å². The van der Waals surface area contributed by atoms with Gasteiger partial charge in [0.15, 0.2) is 0 Å². The van der Waals surface area contributed by atoms with Crippen molar-refractivity contribution in [3.05, 3.63) is 46.2 Å². The topological polar surface area (TPSA) is 58.4 Å². The number of carbonyl (C=O) groups excluding carboxylic acids is 1. The molecular weight excluding hydrogens is 282 g/mol. The number of anilines is 2. The van der Waals surface area contributed by atoms with Crippen molar-refractivity contribution in [2.45, 2.75) is 26.4 Å². The third-order valence-electron chi connectivity index (χ3n) is 3.69. The molecule has 2 rings (SSSR count). The first-order valence-electron chi connectivity index (χ1n) is 6.86. The summed E-state index contributed by atoms with van der Waals surface area (Å²) in [6, 6.07) is 7.41. The van der Waals surface area contributed by atoms with Gasteiger partial charge in [0.1, 0.15) is 0 Å². The second-order valence-corrected chi connectivity index (χ2v) is 6.01. The van der Waals surface area contributed by atoms with E-state index in [9.17, 15) is 4.79 Å². The first-order chi connectivity index (χ1) is 9.99. The van der Waals surface area contributed by atoms with Gasteiger partial charge in [0.05, 0.1) is 6.04 Å². The molecule has 1 unspecified atom stereocenters. The molecule has 1 aromatic heterocycles. The molecule has 1 amide bonds. The second kappa shape index (κ2) is 6.74. The molecule has 112 valence electrons. The molecule has 0 spiro atoms. The van der Waals surface area contributed by atoms with Gasteiger partial charge >= 0.3 is 0 Å². The zero-order valence-electron chi connectivity index (χ0n) is 12.6. The maximum Gasteiger partial charge on any atom is 0.241 e. The van der Waals surface area contributed by atoms with Gasteiger partial charge in [-0.05, 0) is 61.0 Å².